The van der Waals surface area contributed by atoms with Crippen LogP contribution in [0, 0.1) is 30.1 Å². The minimum absolute atomic E-state index is 0.473. The molecule has 0 aliphatic carbocycles. The van der Waals surface area contributed by atoms with Crippen LogP contribution in [0.3, 0.4) is 0 Å². The van der Waals surface area contributed by atoms with Crippen LogP contribution in [0.15, 0.2) is 62.9 Å². The predicted octanol–water partition coefficient (Wildman–Crippen LogP) is 13.7. The van der Waals surface area contributed by atoms with Crippen molar-refractivity contribution >= 4 is 38.4 Å². The SMILES string of the molecule is CCCCCc1ccc(N=Nc2sc(N=Nc3ccc(N(CC(CC)CCCC)CC(CC)CCCC)cc3OC)c(C#N)c2C)cc1. The number of thiophene rings is 1. The molecule has 0 saturated heterocycles. The topological polar surface area (TPSA) is 85.7 Å². The van der Waals surface area contributed by atoms with Crippen molar-refractivity contribution < 1.29 is 4.74 Å². The lowest BCUT2D eigenvalue weighted by atomic mass is 9.95. The molecule has 48 heavy (non-hydrogen) atoms. The summed E-state index contributed by atoms with van der Waals surface area (Å²) in [4.78, 5) is 2.57. The number of unbranched alkanes of at least 4 members (excludes halogenated alkanes) is 4. The fourth-order valence-corrected chi connectivity index (χ4v) is 6.89. The Balaban J connectivity index is 1.84. The third kappa shape index (κ3) is 11.8. The zero-order valence-corrected chi connectivity index (χ0v) is 31.4. The van der Waals surface area contributed by atoms with Gasteiger partial charge in [-0.2, -0.15) is 5.26 Å². The standard InChI is InChI=1S/C40H58N6OS/c1-8-13-16-19-33-20-22-34(23-21-33)42-44-39-30(6)36(27-41)40(48-39)45-43-37-25-24-35(26-38(37)47-7)46(28-31(11-4)17-14-9-2)29-32(12-5)18-15-10-3/h20-26,31-32H,8-19,28-29H2,1-7H3. The van der Waals surface area contributed by atoms with Crippen LogP contribution in [0.4, 0.5) is 27.1 Å². The number of methoxy groups -OCH3 is 1. The van der Waals surface area contributed by atoms with Gasteiger partial charge >= 0.3 is 0 Å². The van der Waals surface area contributed by atoms with Gasteiger partial charge in [0.2, 0.25) is 0 Å². The lowest BCUT2D eigenvalue weighted by Gasteiger charge is -2.33. The van der Waals surface area contributed by atoms with Crippen LogP contribution in [0.2, 0.25) is 0 Å². The first-order valence-corrected chi connectivity index (χ1v) is 19.1. The van der Waals surface area contributed by atoms with Gasteiger partial charge in [0, 0.05) is 30.4 Å². The molecule has 0 spiro atoms. The molecule has 0 saturated carbocycles. The second-order valence-corrected chi connectivity index (χ2v) is 13.9. The quantitative estimate of drug-likeness (QED) is 0.0787. The van der Waals surface area contributed by atoms with Crippen LogP contribution >= 0.6 is 11.3 Å². The first-order chi connectivity index (χ1) is 23.4. The number of nitriles is 1. The summed E-state index contributed by atoms with van der Waals surface area (Å²) < 4.78 is 5.85. The van der Waals surface area contributed by atoms with E-state index in [4.69, 9.17) is 4.74 Å². The van der Waals surface area contributed by atoms with Gasteiger partial charge in [-0.3, -0.25) is 0 Å². The molecule has 0 N–H and O–H groups in total. The minimum atomic E-state index is 0.473. The highest BCUT2D eigenvalue weighted by atomic mass is 32.1. The highest BCUT2D eigenvalue weighted by molar-refractivity contribution is 7.19. The van der Waals surface area contributed by atoms with Crippen molar-refractivity contribution in [1.82, 2.24) is 0 Å². The van der Waals surface area contributed by atoms with E-state index in [0.717, 1.165) is 36.4 Å². The van der Waals surface area contributed by atoms with Crippen LogP contribution in [-0.4, -0.2) is 20.2 Å². The van der Waals surface area contributed by atoms with Gasteiger partial charge in [0.05, 0.1) is 18.4 Å². The number of azo groups is 2. The Kier molecular flexibility index (Phi) is 17.3. The van der Waals surface area contributed by atoms with E-state index in [0.29, 0.717) is 38.8 Å². The third-order valence-electron chi connectivity index (χ3n) is 9.30. The van der Waals surface area contributed by atoms with E-state index in [2.05, 4.69) is 90.3 Å². The number of nitrogens with zero attached hydrogens (tertiary/aromatic N) is 6. The Labute approximate surface area is 294 Å². The largest absolute Gasteiger partial charge is 0.494 e. The van der Waals surface area contributed by atoms with E-state index in [1.807, 2.05) is 25.1 Å². The van der Waals surface area contributed by atoms with Crippen molar-refractivity contribution in [3.05, 3.63) is 59.2 Å². The van der Waals surface area contributed by atoms with Crippen LogP contribution in [0.25, 0.3) is 0 Å². The molecular formula is C40H58N6OS. The molecule has 2 atom stereocenters. The maximum atomic E-state index is 9.96. The first kappa shape index (κ1) is 38.9. The normalized spacial score (nSPS) is 12.9. The number of aryl methyl sites for hydroxylation is 1. The van der Waals surface area contributed by atoms with Crippen molar-refractivity contribution in [3.63, 3.8) is 0 Å². The molecule has 1 aromatic heterocycles. The molecule has 0 aliphatic rings. The van der Waals surface area contributed by atoms with Gasteiger partial charge in [0.25, 0.3) is 0 Å². The molecule has 260 valence electrons. The summed E-state index contributed by atoms with van der Waals surface area (Å²) in [7, 11) is 1.68. The molecule has 2 unspecified atom stereocenters. The summed E-state index contributed by atoms with van der Waals surface area (Å²) >= 11 is 1.33. The number of ether oxygens (including phenoxy) is 1. The lowest BCUT2D eigenvalue weighted by molar-refractivity contribution is 0.401. The summed E-state index contributed by atoms with van der Waals surface area (Å²) in [6, 6.07) is 16.8. The number of hydrogen-bond donors (Lipinski definition) is 0. The number of anilines is 1. The van der Waals surface area contributed by atoms with E-state index in [1.165, 1.54) is 87.5 Å². The maximum Gasteiger partial charge on any atom is 0.159 e. The van der Waals surface area contributed by atoms with Crippen LogP contribution in [-0.2, 0) is 6.42 Å². The van der Waals surface area contributed by atoms with Gasteiger partial charge in [-0.15, -0.1) is 20.5 Å². The summed E-state index contributed by atoms with van der Waals surface area (Å²) in [5, 5.41) is 29.2. The molecule has 0 fully saturated rings. The van der Waals surface area contributed by atoms with E-state index < -0.39 is 0 Å². The Hall–Kier alpha value is -3.57. The Bertz CT molecular complexity index is 1450. The zero-order valence-electron chi connectivity index (χ0n) is 30.6. The van der Waals surface area contributed by atoms with E-state index >= 15 is 0 Å². The monoisotopic (exact) mass is 670 g/mol. The molecule has 3 rings (SSSR count). The van der Waals surface area contributed by atoms with Crippen molar-refractivity contribution in [2.75, 3.05) is 25.1 Å². The fraction of sp³-hybridized carbons (Fsp3) is 0.575. The van der Waals surface area contributed by atoms with Gasteiger partial charge < -0.3 is 9.64 Å². The molecule has 0 radical (unpaired) electrons. The van der Waals surface area contributed by atoms with Crippen molar-refractivity contribution in [1.29, 1.82) is 5.26 Å². The summed E-state index contributed by atoms with van der Waals surface area (Å²) in [5.41, 5.74) is 5.13. The van der Waals surface area contributed by atoms with Crippen molar-refractivity contribution in [2.45, 2.75) is 119 Å². The molecule has 0 aliphatic heterocycles. The number of rotatable bonds is 22. The van der Waals surface area contributed by atoms with Crippen LogP contribution in [0.1, 0.15) is 122 Å². The molecular weight excluding hydrogens is 613 g/mol. The second-order valence-electron chi connectivity index (χ2n) is 12.9. The van der Waals surface area contributed by atoms with E-state index in [-0.39, 0.29) is 0 Å². The molecule has 1 heterocycles. The van der Waals surface area contributed by atoms with Gasteiger partial charge in [-0.05, 0) is 74.3 Å². The Morgan fingerprint density at radius 2 is 1.40 bits per heavy atom. The molecule has 0 bridgehead atoms. The maximum absolute atomic E-state index is 9.96. The highest BCUT2D eigenvalue weighted by Crippen LogP contribution is 2.43. The van der Waals surface area contributed by atoms with Gasteiger partial charge in [-0.1, -0.05) is 109 Å². The van der Waals surface area contributed by atoms with E-state index in [9.17, 15) is 5.26 Å². The summed E-state index contributed by atoms with van der Waals surface area (Å²) in [6.45, 7) is 15.4. The number of benzene rings is 2. The average molecular weight is 671 g/mol. The fourth-order valence-electron chi connectivity index (χ4n) is 5.98. The van der Waals surface area contributed by atoms with Crippen LogP contribution < -0.4 is 9.64 Å². The van der Waals surface area contributed by atoms with Crippen molar-refractivity contribution in [3.8, 4) is 11.8 Å². The zero-order chi connectivity index (χ0) is 34.7. The molecule has 0 amide bonds. The minimum Gasteiger partial charge on any atom is -0.494 e. The Morgan fingerprint density at radius 3 is 1.96 bits per heavy atom. The first-order valence-electron chi connectivity index (χ1n) is 18.3. The number of hydrogen-bond acceptors (Lipinski definition) is 8. The Morgan fingerprint density at radius 1 is 0.771 bits per heavy atom. The van der Waals surface area contributed by atoms with Crippen molar-refractivity contribution in [2.24, 2.45) is 32.3 Å². The molecule has 2 aromatic carbocycles. The van der Waals surface area contributed by atoms with Crippen LogP contribution in [0.5, 0.6) is 5.75 Å². The summed E-state index contributed by atoms with van der Waals surface area (Å²) in [5.74, 6) is 1.99. The smallest absolute Gasteiger partial charge is 0.159 e. The average Bonchev–Trinajstić information content (AvgIpc) is 3.43. The van der Waals surface area contributed by atoms with Gasteiger partial charge in [0.1, 0.15) is 22.5 Å². The molecule has 3 aromatic rings. The summed E-state index contributed by atoms with van der Waals surface area (Å²) in [6.07, 6.45) is 14.6. The van der Waals surface area contributed by atoms with Gasteiger partial charge in [0.15, 0.2) is 5.00 Å². The predicted molar refractivity (Wildman–Crippen MR) is 204 cm³/mol. The second kappa shape index (κ2) is 21.4. The highest BCUT2D eigenvalue weighted by Gasteiger charge is 2.20. The third-order valence-corrected chi connectivity index (χ3v) is 10.4. The molecule has 7 nitrogen and oxygen atoms in total. The molecule has 8 heteroatoms. The van der Waals surface area contributed by atoms with E-state index in [1.54, 1.807) is 7.11 Å². The van der Waals surface area contributed by atoms with Gasteiger partial charge in [-0.25, -0.2) is 0 Å². The lowest BCUT2D eigenvalue weighted by Crippen LogP contribution is -2.34.